The predicted octanol–water partition coefficient (Wildman–Crippen LogP) is 2.52. The highest BCUT2D eigenvalue weighted by Gasteiger charge is 2.62. The van der Waals surface area contributed by atoms with Gasteiger partial charge >= 0.3 is 0 Å². The van der Waals surface area contributed by atoms with Gasteiger partial charge in [-0.25, -0.2) is 0 Å². The third kappa shape index (κ3) is 1.25. The summed E-state index contributed by atoms with van der Waals surface area (Å²) in [7, 11) is 2.13. The van der Waals surface area contributed by atoms with Gasteiger partial charge in [-0.05, 0) is 55.4 Å². The topological polar surface area (TPSA) is 12.0 Å². The predicted molar refractivity (Wildman–Crippen MR) is 59.0 cm³/mol. The molecule has 0 aromatic rings. The monoisotopic (exact) mass is 193 g/mol. The Labute approximate surface area is 87.7 Å². The van der Waals surface area contributed by atoms with Gasteiger partial charge in [0, 0.05) is 6.04 Å². The molecule has 3 aliphatic rings. The molecule has 0 bridgehead atoms. The molecule has 1 nitrogen and oxygen atoms in total. The summed E-state index contributed by atoms with van der Waals surface area (Å²) in [5.41, 5.74) is 0. The quantitative estimate of drug-likeness (QED) is 0.723. The van der Waals surface area contributed by atoms with Gasteiger partial charge in [0.05, 0.1) is 0 Å². The molecule has 0 spiro atoms. The molecule has 0 heterocycles. The van der Waals surface area contributed by atoms with Crippen molar-refractivity contribution in [1.29, 1.82) is 0 Å². The van der Waals surface area contributed by atoms with E-state index in [1.54, 1.807) is 12.8 Å². The van der Waals surface area contributed by atoms with E-state index in [1.165, 1.54) is 6.42 Å². The zero-order valence-corrected chi connectivity index (χ0v) is 9.66. The number of hydrogen-bond acceptors (Lipinski definition) is 1. The van der Waals surface area contributed by atoms with E-state index in [4.69, 9.17) is 0 Å². The van der Waals surface area contributed by atoms with E-state index >= 15 is 0 Å². The number of rotatable bonds is 4. The molecule has 0 aliphatic heterocycles. The zero-order valence-electron chi connectivity index (χ0n) is 9.66. The second kappa shape index (κ2) is 2.98. The Morgan fingerprint density at radius 2 is 1.93 bits per heavy atom. The first kappa shape index (κ1) is 9.21. The van der Waals surface area contributed by atoms with Crippen molar-refractivity contribution in [2.24, 2.45) is 35.5 Å². The second-order valence-electron chi connectivity index (χ2n) is 5.88. The Morgan fingerprint density at radius 3 is 2.43 bits per heavy atom. The minimum atomic E-state index is 0.865. The van der Waals surface area contributed by atoms with Crippen molar-refractivity contribution in [3.63, 3.8) is 0 Å². The van der Waals surface area contributed by atoms with Gasteiger partial charge in [0.1, 0.15) is 0 Å². The van der Waals surface area contributed by atoms with Crippen molar-refractivity contribution < 1.29 is 0 Å². The third-order valence-electron chi connectivity index (χ3n) is 5.22. The summed E-state index contributed by atoms with van der Waals surface area (Å²) in [6.45, 7) is 4.78. The lowest BCUT2D eigenvalue weighted by molar-refractivity contribution is 0.514. The van der Waals surface area contributed by atoms with Crippen LogP contribution in [0.25, 0.3) is 0 Å². The maximum absolute atomic E-state index is 3.47. The van der Waals surface area contributed by atoms with Crippen LogP contribution < -0.4 is 5.32 Å². The molecule has 3 aliphatic carbocycles. The fraction of sp³-hybridized carbons (Fsp3) is 1.00. The van der Waals surface area contributed by atoms with Crippen LogP contribution in [-0.4, -0.2) is 13.1 Å². The summed E-state index contributed by atoms with van der Waals surface area (Å²) in [5, 5.41) is 3.47. The highest BCUT2D eigenvalue weighted by molar-refractivity contribution is 5.13. The van der Waals surface area contributed by atoms with Crippen LogP contribution >= 0.6 is 0 Å². The fourth-order valence-electron chi connectivity index (χ4n) is 4.04. The van der Waals surface area contributed by atoms with E-state index in [0.717, 1.165) is 41.5 Å². The molecule has 0 aromatic heterocycles. The maximum atomic E-state index is 3.47. The fourth-order valence-corrected chi connectivity index (χ4v) is 4.04. The van der Waals surface area contributed by atoms with E-state index in [-0.39, 0.29) is 0 Å². The Bertz CT molecular complexity index is 237. The maximum Gasteiger partial charge on any atom is 0.0127 e. The van der Waals surface area contributed by atoms with Crippen molar-refractivity contribution >= 4 is 0 Å². The van der Waals surface area contributed by atoms with Gasteiger partial charge in [-0.1, -0.05) is 20.3 Å². The van der Waals surface area contributed by atoms with Gasteiger partial charge in [0.2, 0.25) is 0 Å². The van der Waals surface area contributed by atoms with E-state index in [2.05, 4.69) is 26.2 Å². The molecule has 1 N–H and O–H groups in total. The van der Waals surface area contributed by atoms with Crippen LogP contribution in [0.1, 0.15) is 33.1 Å². The number of hydrogen-bond donors (Lipinski definition) is 1. The molecule has 0 saturated heterocycles. The van der Waals surface area contributed by atoms with Crippen LogP contribution in [0.5, 0.6) is 0 Å². The van der Waals surface area contributed by atoms with E-state index in [1.807, 2.05) is 0 Å². The third-order valence-corrected chi connectivity index (χ3v) is 5.22. The van der Waals surface area contributed by atoms with Gasteiger partial charge in [-0.15, -0.1) is 0 Å². The van der Waals surface area contributed by atoms with Crippen molar-refractivity contribution in [2.75, 3.05) is 7.05 Å². The van der Waals surface area contributed by atoms with E-state index in [9.17, 15) is 0 Å². The largest absolute Gasteiger partial charge is 0.316 e. The summed E-state index contributed by atoms with van der Waals surface area (Å²) in [6.07, 6.45) is 4.56. The molecule has 3 fully saturated rings. The molecule has 1 heteroatoms. The standard InChI is InChI=1S/C13H23N/c1-4-8-5-9(8)10-6-11(10)12-7(2)13(12)14-3/h7-14H,4-6H2,1-3H3. The summed E-state index contributed by atoms with van der Waals surface area (Å²) in [6, 6.07) is 0.865. The van der Waals surface area contributed by atoms with Crippen LogP contribution in [0.3, 0.4) is 0 Å². The van der Waals surface area contributed by atoms with Crippen LogP contribution in [-0.2, 0) is 0 Å². The molecule has 14 heavy (non-hydrogen) atoms. The molecule has 7 atom stereocenters. The SMILES string of the molecule is CCC1CC1C1CC1C1C(C)C1NC. The highest BCUT2D eigenvalue weighted by Crippen LogP contribution is 2.66. The van der Waals surface area contributed by atoms with Crippen molar-refractivity contribution in [1.82, 2.24) is 5.32 Å². The summed E-state index contributed by atoms with van der Waals surface area (Å²) < 4.78 is 0. The minimum absolute atomic E-state index is 0.865. The molecule has 7 unspecified atom stereocenters. The van der Waals surface area contributed by atoms with Gasteiger partial charge in [0.25, 0.3) is 0 Å². The van der Waals surface area contributed by atoms with Gasteiger partial charge in [0.15, 0.2) is 0 Å². The lowest BCUT2D eigenvalue weighted by Crippen LogP contribution is -2.12. The van der Waals surface area contributed by atoms with Crippen LogP contribution in [0, 0.1) is 35.5 Å². The van der Waals surface area contributed by atoms with Crippen molar-refractivity contribution in [2.45, 2.75) is 39.2 Å². The average molecular weight is 193 g/mol. The molecule has 0 radical (unpaired) electrons. The second-order valence-corrected chi connectivity index (χ2v) is 5.88. The lowest BCUT2D eigenvalue weighted by atomic mass is 10.1. The molecule has 3 rings (SSSR count). The van der Waals surface area contributed by atoms with Crippen LogP contribution in [0.15, 0.2) is 0 Å². The Morgan fingerprint density at radius 1 is 1.14 bits per heavy atom. The number of nitrogens with one attached hydrogen (secondary N) is 1. The summed E-state index contributed by atoms with van der Waals surface area (Å²) in [5.74, 6) is 6.54. The first-order chi connectivity index (χ1) is 6.77. The van der Waals surface area contributed by atoms with Crippen LogP contribution in [0.4, 0.5) is 0 Å². The minimum Gasteiger partial charge on any atom is -0.316 e. The highest BCUT2D eigenvalue weighted by atomic mass is 15.0. The smallest absolute Gasteiger partial charge is 0.0127 e. The van der Waals surface area contributed by atoms with Crippen molar-refractivity contribution in [3.8, 4) is 0 Å². The molecule has 3 saturated carbocycles. The van der Waals surface area contributed by atoms with Gasteiger partial charge in [-0.2, -0.15) is 0 Å². The molecular formula is C13H23N. The van der Waals surface area contributed by atoms with E-state index in [0.29, 0.717) is 0 Å². The van der Waals surface area contributed by atoms with Crippen LogP contribution in [0.2, 0.25) is 0 Å². The Hall–Kier alpha value is -0.0400. The normalized spacial score (nSPS) is 59.8. The average Bonchev–Trinajstić information content (AvgIpc) is 3.04. The van der Waals surface area contributed by atoms with E-state index < -0.39 is 0 Å². The lowest BCUT2D eigenvalue weighted by Gasteiger charge is -1.97. The summed E-state index contributed by atoms with van der Waals surface area (Å²) >= 11 is 0. The molecule has 0 aromatic carbocycles. The molecule has 80 valence electrons. The molecule has 0 amide bonds. The Kier molecular flexibility index (Phi) is 1.96. The Balaban J connectivity index is 1.51. The van der Waals surface area contributed by atoms with Gasteiger partial charge in [-0.3, -0.25) is 0 Å². The van der Waals surface area contributed by atoms with Crippen molar-refractivity contribution in [3.05, 3.63) is 0 Å². The molecular weight excluding hydrogens is 170 g/mol. The zero-order chi connectivity index (χ0) is 9.87. The summed E-state index contributed by atoms with van der Waals surface area (Å²) in [4.78, 5) is 0. The first-order valence-corrected chi connectivity index (χ1v) is 6.45. The van der Waals surface area contributed by atoms with Gasteiger partial charge < -0.3 is 5.32 Å². The first-order valence-electron chi connectivity index (χ1n) is 6.45.